The van der Waals surface area contributed by atoms with Crippen LogP contribution in [0.2, 0.25) is 0 Å². The average Bonchev–Trinajstić information content (AvgIpc) is 0.834. The number of hydrogen-bond acceptors (Lipinski definition) is 21. The van der Waals surface area contributed by atoms with E-state index in [2.05, 4.69) is 10.1 Å². The Balaban J connectivity index is 0.000000399. The Labute approximate surface area is 639 Å². The summed E-state index contributed by atoms with van der Waals surface area (Å²) in [5.41, 5.74) is 13.4. The number of aromatic carboxylic acids is 1. The number of aliphatic carboxylic acids is 1. The van der Waals surface area contributed by atoms with Gasteiger partial charge in [-0.3, -0.25) is 38.4 Å². The van der Waals surface area contributed by atoms with Crippen molar-refractivity contribution in [2.24, 2.45) is 0 Å². The molecule has 0 saturated carbocycles. The van der Waals surface area contributed by atoms with Crippen LogP contribution in [-0.4, -0.2) is 115 Å². The van der Waals surface area contributed by atoms with Crippen molar-refractivity contribution in [1.82, 2.24) is 4.98 Å². The van der Waals surface area contributed by atoms with Crippen LogP contribution in [0.5, 0.6) is 5.75 Å². The van der Waals surface area contributed by atoms with E-state index in [0.717, 1.165) is 108 Å². The third kappa shape index (κ3) is 32.7. The molecular weight excluding hydrogens is 1450 g/mol. The zero-order chi connectivity index (χ0) is 70.5. The molecule has 9 aromatic rings. The molecule has 1 amide bonds. The van der Waals surface area contributed by atoms with Crippen molar-refractivity contribution in [2.45, 2.75) is 131 Å². The molecule has 100 heavy (non-hydrogen) atoms. The van der Waals surface area contributed by atoms with Gasteiger partial charge >= 0.3 is 47.5 Å². The molecule has 18 nitrogen and oxygen atoms in total. The number of ether oxygens (including phenoxy) is 2. The number of rotatable bonds is 16. The second-order valence-electron chi connectivity index (χ2n) is 21.9. The molecule has 27 heteroatoms. The number of hydrogen-bond donors (Lipinski definition) is 5. The average molecular weight is 1530 g/mol. The van der Waals surface area contributed by atoms with E-state index in [0.29, 0.717) is 48.7 Å². The molecule has 532 valence electrons. The van der Waals surface area contributed by atoms with Gasteiger partial charge in [0.2, 0.25) is 5.24 Å². The minimum atomic E-state index is -1.11. The van der Waals surface area contributed by atoms with Crippen molar-refractivity contribution in [2.75, 3.05) is 37.6 Å². The first-order valence-corrected chi connectivity index (χ1v) is 37.6. The topological polar surface area (TPSA) is 308 Å². The Bertz CT molecular complexity index is 3800. The minimum Gasteiger partial charge on any atom is -0.870 e. The summed E-state index contributed by atoms with van der Waals surface area (Å²) in [6.45, 7) is 6.71. The van der Waals surface area contributed by atoms with Crippen molar-refractivity contribution in [3.63, 3.8) is 0 Å². The van der Waals surface area contributed by atoms with Gasteiger partial charge in [0.25, 0.3) is 11.7 Å². The number of thiophene rings is 6. The van der Waals surface area contributed by atoms with Crippen LogP contribution in [-0.2, 0) is 107 Å². The van der Waals surface area contributed by atoms with E-state index in [4.69, 9.17) is 43.1 Å². The van der Waals surface area contributed by atoms with Gasteiger partial charge in [0, 0.05) is 64.2 Å². The molecule has 2 aromatic carbocycles. The van der Waals surface area contributed by atoms with Gasteiger partial charge in [-0.2, -0.15) is 68.0 Å². The van der Waals surface area contributed by atoms with Crippen LogP contribution < -0.4 is 34.9 Å². The molecule has 2 aliphatic heterocycles. The molecule has 0 unspecified atom stereocenters. The van der Waals surface area contributed by atoms with E-state index >= 15 is 0 Å². The van der Waals surface area contributed by atoms with Crippen molar-refractivity contribution >= 4 is 160 Å². The molecule has 7 aromatic heterocycles. The maximum absolute atomic E-state index is 11.8. The van der Waals surface area contributed by atoms with E-state index in [9.17, 15) is 53.4 Å². The number of esters is 1. The molecule has 6 N–H and O–H groups in total. The number of aromatic nitrogens is 1. The first-order valence-electron chi connectivity index (χ1n) is 31.0. The van der Waals surface area contributed by atoms with Crippen molar-refractivity contribution < 1.29 is 108 Å². The van der Waals surface area contributed by atoms with Gasteiger partial charge in [-0.1, -0.05) is 25.6 Å². The maximum atomic E-state index is 11.8. The number of anilines is 1. The smallest absolute Gasteiger partial charge is 0.870 e. The number of aryl methyl sites for hydroxylation is 3. The summed E-state index contributed by atoms with van der Waals surface area (Å²) >= 11 is 19.9. The molecule has 0 radical (unpaired) electrons. The first-order chi connectivity index (χ1) is 46.7. The summed E-state index contributed by atoms with van der Waals surface area (Å²) in [6, 6.07) is 19.0. The summed E-state index contributed by atoms with van der Waals surface area (Å²) < 4.78 is 9.51. The normalized spacial score (nSPS) is 12.2. The van der Waals surface area contributed by atoms with Crippen LogP contribution >= 0.6 is 91.2 Å². The van der Waals surface area contributed by atoms with Gasteiger partial charge in [-0.05, 0) is 252 Å². The van der Waals surface area contributed by atoms with Gasteiger partial charge in [-0.25, -0.2) is 9.78 Å². The largest absolute Gasteiger partial charge is 1.00 e. The number of nitrogens with one attached hydrogen (secondary N) is 1. The molecule has 0 spiro atoms. The quantitative estimate of drug-likeness (QED) is 0.0197. The number of Topliss-reactive ketones (excluding diaryl/α,β-unsaturated/α-hetero) is 4. The number of amides is 1. The number of aromatic hydroxyl groups is 1. The predicted octanol–water partition coefficient (Wildman–Crippen LogP) is 13.0. The Hall–Kier alpha value is -6.46. The second-order valence-corrected chi connectivity index (χ2v) is 27.3. The fourth-order valence-electron chi connectivity index (χ4n) is 9.81. The van der Waals surface area contributed by atoms with E-state index in [-0.39, 0.29) is 102 Å². The van der Waals surface area contributed by atoms with Gasteiger partial charge < -0.3 is 40.7 Å². The van der Waals surface area contributed by atoms with Crippen molar-refractivity contribution in [1.29, 1.82) is 0 Å². The van der Waals surface area contributed by atoms with Crippen LogP contribution in [0.15, 0.2) is 125 Å². The third-order valence-corrected chi connectivity index (χ3v) is 19.0. The number of carbonyl (C=O) groups is 9. The van der Waals surface area contributed by atoms with Crippen LogP contribution in [0.3, 0.4) is 0 Å². The monoisotopic (exact) mass is 1530 g/mol. The van der Waals surface area contributed by atoms with Crippen LogP contribution in [0.1, 0.15) is 149 Å². The van der Waals surface area contributed by atoms with Gasteiger partial charge in [0.15, 0.2) is 17.3 Å². The molecule has 13 rings (SSSR count). The molecular formula is C73H83Cl2N2NaO16S6. The Morgan fingerprint density at radius 3 is 1.47 bits per heavy atom. The zero-order valence-electron chi connectivity index (χ0n) is 55.4. The molecule has 4 aliphatic rings. The maximum Gasteiger partial charge on any atom is 1.00 e. The standard InChI is InChI=1S/C19H17NO3S.C12H11NO2.C9H10O3S.C7H7ClOS.C7H8OS.C6H5ClOS.C6H6O2S.C4H8O.C2H6O.CH4.Na.H2O/c21-18-15(9-11-7-8-24-10-11)20-17-13-4-2-1-3-12(13)5-6-14(17)16(18)19(22)23;14-11-9-6-5-7-3-1-2-4-8(7)10(9)13-12(11)15;1-7(10)12-5-9(11)4-8-2-3-13-6-8;8-4-7(9)3-6-1-2-10-5-6;1-6(8)4-7-2-3-9-5-7;2*7-6(8)3-5-1-2-9-4-5;1-2-4-5-3-1;1-2-3;;;/h5-8,10,21H,1-4,9H2,(H,22,23);5-6H,1-4H2,(H,13,14,15);2-3,6H,4-5H2,1H3;1-2,5H,3-4H2;2-3,5H,4H2,1H3;1-2,4H,3H2;1-2,4H,3H2,(H,7,8);1-4H2;3H,2H2,1H3;1H4;;1H2/q;;;;;;;;;;+1;/p-1. The van der Waals surface area contributed by atoms with Crippen LogP contribution in [0.4, 0.5) is 5.69 Å². The number of ketones is 4. The molecule has 0 bridgehead atoms. The Morgan fingerprint density at radius 1 is 0.600 bits per heavy atom. The summed E-state index contributed by atoms with van der Waals surface area (Å²) in [5, 5.41) is 62.2. The number of aliphatic hydroxyl groups excluding tert-OH is 1. The summed E-state index contributed by atoms with van der Waals surface area (Å²) in [6.07, 6.45) is 13.5. The van der Waals surface area contributed by atoms with E-state index in [1.165, 1.54) is 54.2 Å². The minimum absolute atomic E-state index is 0. The van der Waals surface area contributed by atoms with Gasteiger partial charge in [0.1, 0.15) is 18.0 Å². The molecule has 2 aliphatic carbocycles. The first kappa shape index (κ1) is 89.6. The Morgan fingerprint density at radius 2 is 1.04 bits per heavy atom. The van der Waals surface area contributed by atoms with Gasteiger partial charge in [-0.15, -0.1) is 11.6 Å². The molecule has 1 fully saturated rings. The number of halogens is 2. The fraction of sp³-hybridized carbons (Fsp3) is 0.342. The summed E-state index contributed by atoms with van der Waals surface area (Å²) in [5.74, 6) is -3.02. The Kier molecular flexibility index (Phi) is 44.8. The number of pyridine rings is 1. The van der Waals surface area contributed by atoms with Crippen molar-refractivity contribution in [3.8, 4) is 5.75 Å². The van der Waals surface area contributed by atoms with Gasteiger partial charge in [0.05, 0.1) is 34.8 Å². The number of nitrogens with zero attached hydrogens (tertiary/aromatic N) is 1. The fourth-order valence-corrected chi connectivity index (χ4v) is 14.1. The SMILES string of the molecule is C.C1CCOC1.CC(=O)Cc1ccsc1.CC(=O)OCC(=O)Cc1ccsc1.CCO.O=C(CCl)Cc1ccsc1.O=C(Cl)Cc1ccsc1.O=C(O)Cc1ccsc1.O=C(O)c1c(O)c(Cc2ccsc2)nc2c3c(ccc12)CCCC3.O=C1Nc2c(ccc3c2CCCC3)C1=O.[Na+].[OH-]. The number of carbonyl (C=O) groups excluding carboxylic acids is 7. The number of alkyl halides is 1. The van der Waals surface area contributed by atoms with Crippen LogP contribution in [0.25, 0.3) is 10.9 Å². The number of carboxylic acids is 2. The molecule has 9 heterocycles. The number of aliphatic hydroxyl groups is 1. The zero-order valence-corrected chi connectivity index (χ0v) is 63.8. The summed E-state index contributed by atoms with van der Waals surface area (Å²) in [7, 11) is 0. The molecule has 0 atom stereocenters. The number of carboxylic acid groups (broad SMARTS) is 2. The van der Waals surface area contributed by atoms with E-state index in [1.807, 2.05) is 113 Å². The van der Waals surface area contributed by atoms with Crippen LogP contribution in [0, 0.1) is 0 Å². The second kappa shape index (κ2) is 50.0. The number of fused-ring (bicyclic) bond motifs is 6. The van der Waals surface area contributed by atoms with E-state index in [1.54, 1.807) is 82.7 Å². The van der Waals surface area contributed by atoms with Crippen molar-refractivity contribution in [3.05, 3.63) is 198 Å². The van der Waals surface area contributed by atoms with E-state index < -0.39 is 29.6 Å². The predicted molar refractivity (Wildman–Crippen MR) is 398 cm³/mol. The number of benzene rings is 2. The third-order valence-electron chi connectivity index (χ3n) is 14.2. The molecule has 1 saturated heterocycles. The summed E-state index contributed by atoms with van der Waals surface area (Å²) in [4.78, 5) is 102.